The van der Waals surface area contributed by atoms with Crippen LogP contribution < -0.4 is 20.1 Å². The summed E-state index contributed by atoms with van der Waals surface area (Å²) in [5.41, 5.74) is 1.59. The van der Waals surface area contributed by atoms with E-state index < -0.39 is 5.91 Å². The molecule has 0 atom stereocenters. The minimum Gasteiger partial charge on any atom is -0.383 e. The van der Waals surface area contributed by atoms with Crippen molar-refractivity contribution in [1.29, 1.82) is 5.26 Å². The number of aromatic nitrogens is 1. The van der Waals surface area contributed by atoms with Crippen LogP contribution in [0.5, 0.6) is 0 Å². The van der Waals surface area contributed by atoms with Crippen molar-refractivity contribution < 1.29 is 9.53 Å². The van der Waals surface area contributed by atoms with Crippen molar-refractivity contribution >= 4 is 52.1 Å². The van der Waals surface area contributed by atoms with Crippen molar-refractivity contribution in [3.63, 3.8) is 0 Å². The van der Waals surface area contributed by atoms with Crippen molar-refractivity contribution in [1.82, 2.24) is 9.88 Å². The molecule has 1 heterocycles. The van der Waals surface area contributed by atoms with Crippen LogP contribution in [-0.2, 0) is 9.53 Å². The van der Waals surface area contributed by atoms with Crippen LogP contribution in [0.25, 0.3) is 17.3 Å². The van der Waals surface area contributed by atoms with Gasteiger partial charge in [0.05, 0.1) is 26.9 Å². The lowest BCUT2D eigenvalue weighted by molar-refractivity contribution is -0.115. The number of methoxy groups -OCH3 is 1. The van der Waals surface area contributed by atoms with Crippen molar-refractivity contribution in [3.05, 3.63) is 83.2 Å². The Bertz CT molecular complexity index is 1390. The Morgan fingerprint density at radius 2 is 2.00 bits per heavy atom. The molecule has 0 aliphatic heterocycles. The highest BCUT2D eigenvalue weighted by molar-refractivity contribution is 7.07. The van der Waals surface area contributed by atoms with Gasteiger partial charge in [-0.2, -0.15) is 5.26 Å². The van der Waals surface area contributed by atoms with Gasteiger partial charge in [-0.25, -0.2) is 0 Å². The van der Waals surface area contributed by atoms with E-state index in [2.05, 4.69) is 5.32 Å². The third kappa shape index (κ3) is 5.12. The lowest BCUT2D eigenvalue weighted by atomic mass is 10.2. The van der Waals surface area contributed by atoms with E-state index in [1.807, 2.05) is 25.1 Å². The number of nitrogens with zero attached hydrogens (tertiary/aromatic N) is 2. The average Bonchev–Trinajstić information content (AvgIpc) is 3.07. The fourth-order valence-electron chi connectivity index (χ4n) is 2.99. The van der Waals surface area contributed by atoms with Crippen LogP contribution >= 0.6 is 34.5 Å². The lowest BCUT2D eigenvalue weighted by Gasteiger charge is -2.07. The second kappa shape index (κ2) is 10.6. The van der Waals surface area contributed by atoms with Gasteiger partial charge in [0.15, 0.2) is 5.57 Å². The molecule has 32 heavy (non-hydrogen) atoms. The summed E-state index contributed by atoms with van der Waals surface area (Å²) in [6, 6.07) is 14.3. The number of amides is 1. The molecule has 0 unspecified atom stereocenters. The lowest BCUT2D eigenvalue weighted by Crippen LogP contribution is -2.35. The molecule has 0 fully saturated rings. The molecule has 0 saturated heterocycles. The van der Waals surface area contributed by atoms with Crippen LogP contribution in [0.3, 0.4) is 0 Å². The smallest absolute Gasteiger partial charge is 0.273 e. The fourth-order valence-corrected chi connectivity index (χ4v) is 4.39. The highest BCUT2D eigenvalue weighted by Crippen LogP contribution is 2.22. The molecule has 0 aliphatic rings. The normalized spacial score (nSPS) is 12.4. The van der Waals surface area contributed by atoms with Gasteiger partial charge in [0.2, 0.25) is 0 Å². The summed E-state index contributed by atoms with van der Waals surface area (Å²) in [5.74, 6) is -0.575. The molecule has 164 valence electrons. The highest BCUT2D eigenvalue weighted by atomic mass is 35.5. The van der Waals surface area contributed by atoms with Crippen LogP contribution in [0, 0.1) is 18.3 Å². The molecule has 0 saturated carbocycles. The number of carbonyl (C=O) groups is 1. The Hall–Kier alpha value is -2.89. The van der Waals surface area contributed by atoms with E-state index in [1.54, 1.807) is 36.4 Å². The average molecular weight is 488 g/mol. The first-order valence-corrected chi connectivity index (χ1v) is 11.1. The molecule has 1 amide bonds. The van der Waals surface area contributed by atoms with Crippen molar-refractivity contribution in [2.75, 3.05) is 20.3 Å². The predicted molar refractivity (Wildman–Crippen MR) is 128 cm³/mol. The maximum Gasteiger partial charge on any atom is 0.273 e. The number of aryl methyl sites for hydroxylation is 1. The second-order valence-electron chi connectivity index (χ2n) is 6.75. The zero-order chi connectivity index (χ0) is 23.3. The van der Waals surface area contributed by atoms with Gasteiger partial charge in [0.1, 0.15) is 10.7 Å². The SMILES string of the molecule is COCCNC(=O)/C(C#N)=c1\s/c(=C\c2ccc(Cl)c(Cl)c2)c(=O)n1-c1ccccc1C. The Morgan fingerprint density at radius 3 is 2.66 bits per heavy atom. The molecule has 2 aromatic carbocycles. The molecule has 1 N–H and O–H groups in total. The number of thiazole rings is 1. The van der Waals surface area contributed by atoms with Gasteiger partial charge >= 0.3 is 0 Å². The summed E-state index contributed by atoms with van der Waals surface area (Å²) in [4.78, 5) is 26.1. The summed E-state index contributed by atoms with van der Waals surface area (Å²) in [5, 5.41) is 13.2. The Labute approximate surface area is 198 Å². The van der Waals surface area contributed by atoms with E-state index in [0.717, 1.165) is 16.9 Å². The summed E-state index contributed by atoms with van der Waals surface area (Å²) >= 11 is 13.2. The van der Waals surface area contributed by atoms with Crippen LogP contribution in [0.1, 0.15) is 11.1 Å². The first-order chi connectivity index (χ1) is 15.4. The summed E-state index contributed by atoms with van der Waals surface area (Å²) in [6.45, 7) is 2.40. The second-order valence-corrected chi connectivity index (χ2v) is 8.60. The molecule has 0 spiro atoms. The zero-order valence-electron chi connectivity index (χ0n) is 17.3. The number of nitriles is 1. The highest BCUT2D eigenvalue weighted by Gasteiger charge is 2.17. The molecule has 0 radical (unpaired) electrons. The van der Waals surface area contributed by atoms with Gasteiger partial charge in [-0.15, -0.1) is 11.3 Å². The van der Waals surface area contributed by atoms with Crippen molar-refractivity contribution in [2.45, 2.75) is 6.92 Å². The number of carbonyl (C=O) groups excluding carboxylic acids is 1. The molecule has 6 nitrogen and oxygen atoms in total. The molecule has 3 aromatic rings. The Kier molecular flexibility index (Phi) is 7.89. The van der Waals surface area contributed by atoms with Crippen LogP contribution in [0.15, 0.2) is 47.3 Å². The summed E-state index contributed by atoms with van der Waals surface area (Å²) in [6.07, 6.45) is 1.66. The van der Waals surface area contributed by atoms with Gasteiger partial charge in [-0.05, 0) is 42.3 Å². The number of para-hydroxylation sites is 1. The predicted octanol–water partition coefficient (Wildman–Crippen LogP) is 2.78. The Morgan fingerprint density at radius 1 is 1.25 bits per heavy atom. The third-order valence-corrected chi connectivity index (χ3v) is 6.40. The molecule has 0 aliphatic carbocycles. The number of hydrogen-bond donors (Lipinski definition) is 1. The van der Waals surface area contributed by atoms with E-state index in [4.69, 9.17) is 27.9 Å². The molecule has 1 aromatic heterocycles. The topological polar surface area (TPSA) is 84.1 Å². The van der Waals surface area contributed by atoms with Gasteiger partial charge in [0.25, 0.3) is 11.5 Å². The maximum absolute atomic E-state index is 13.4. The summed E-state index contributed by atoms with van der Waals surface area (Å²) in [7, 11) is 1.52. The number of benzene rings is 2. The van der Waals surface area contributed by atoms with Gasteiger partial charge in [-0.3, -0.25) is 14.2 Å². The van der Waals surface area contributed by atoms with Gasteiger partial charge in [-0.1, -0.05) is 47.5 Å². The van der Waals surface area contributed by atoms with E-state index in [-0.39, 0.29) is 22.3 Å². The molecular weight excluding hydrogens is 469 g/mol. The van der Waals surface area contributed by atoms with Crippen LogP contribution in [0.2, 0.25) is 10.0 Å². The first-order valence-electron chi connectivity index (χ1n) is 9.53. The van der Waals surface area contributed by atoms with Crippen molar-refractivity contribution in [2.24, 2.45) is 0 Å². The number of hydrogen-bond acceptors (Lipinski definition) is 5. The maximum atomic E-state index is 13.4. The molecule has 9 heteroatoms. The van der Waals surface area contributed by atoms with Crippen molar-refractivity contribution in [3.8, 4) is 11.8 Å². The third-order valence-electron chi connectivity index (χ3n) is 4.57. The molecule has 0 bridgehead atoms. The largest absolute Gasteiger partial charge is 0.383 e. The zero-order valence-corrected chi connectivity index (χ0v) is 19.6. The van der Waals surface area contributed by atoms with Crippen LogP contribution in [0.4, 0.5) is 0 Å². The van der Waals surface area contributed by atoms with Gasteiger partial charge < -0.3 is 10.1 Å². The first kappa shape index (κ1) is 23.8. The van der Waals surface area contributed by atoms with Gasteiger partial charge in [0, 0.05) is 13.7 Å². The number of ether oxygens (including phenoxy) is 1. The minimum absolute atomic E-state index is 0.153. The summed E-state index contributed by atoms with van der Waals surface area (Å²) < 4.78 is 6.93. The van der Waals surface area contributed by atoms with Crippen LogP contribution in [-0.4, -0.2) is 30.7 Å². The number of rotatable bonds is 6. The molecule has 3 rings (SSSR count). The van der Waals surface area contributed by atoms with E-state index in [9.17, 15) is 14.9 Å². The molecular formula is C23H19Cl2N3O3S. The number of halogens is 2. The monoisotopic (exact) mass is 487 g/mol. The van der Waals surface area contributed by atoms with E-state index in [1.165, 1.54) is 11.7 Å². The minimum atomic E-state index is -0.575. The number of nitrogens with one attached hydrogen (secondary N) is 1. The quantitative estimate of drug-likeness (QED) is 0.541. The Balaban J connectivity index is 2.32. The van der Waals surface area contributed by atoms with E-state index in [0.29, 0.717) is 32.4 Å². The fraction of sp³-hybridized carbons (Fsp3) is 0.174. The standard InChI is InChI=1S/C23H19Cl2N3O3S/c1-14-5-3-4-6-19(14)28-22(30)20(12-15-7-8-17(24)18(25)11-15)32-23(28)16(13-26)21(29)27-9-10-31-2/h3-8,11-12H,9-10H2,1-2H3,(H,27,29)/b20-12-,23-16-. The van der Waals surface area contributed by atoms with E-state index >= 15 is 0 Å².